The van der Waals surface area contributed by atoms with E-state index in [-0.39, 0.29) is 18.9 Å². The molecule has 0 aliphatic rings. The smallest absolute Gasteiger partial charge is 0.232 e. The fourth-order valence-corrected chi connectivity index (χ4v) is 3.59. The third-order valence-corrected chi connectivity index (χ3v) is 5.47. The second-order valence-electron chi connectivity index (χ2n) is 6.62. The predicted molar refractivity (Wildman–Crippen MR) is 107 cm³/mol. The Morgan fingerprint density at radius 1 is 1.00 bits per heavy atom. The van der Waals surface area contributed by atoms with Crippen LogP contribution in [0.3, 0.4) is 0 Å². The normalized spacial score (nSPS) is 11.2. The number of nitrogens with one attached hydrogen (secondary N) is 1. The van der Waals surface area contributed by atoms with Crippen molar-refractivity contribution in [3.8, 4) is 0 Å². The monoisotopic (exact) mass is 374 g/mol. The molecule has 0 radical (unpaired) electrons. The molecular formula is C20H26N2O3S. The van der Waals surface area contributed by atoms with Crippen molar-refractivity contribution in [2.24, 2.45) is 0 Å². The molecule has 0 unspecified atom stereocenters. The highest BCUT2D eigenvalue weighted by atomic mass is 32.2. The number of aryl methyl sites for hydroxylation is 3. The maximum absolute atomic E-state index is 12.1. The molecule has 0 atom stereocenters. The van der Waals surface area contributed by atoms with Crippen LogP contribution in [0.4, 0.5) is 11.4 Å². The highest BCUT2D eigenvalue weighted by Crippen LogP contribution is 2.19. The molecule has 2 aromatic carbocycles. The van der Waals surface area contributed by atoms with Crippen LogP contribution in [0.5, 0.6) is 0 Å². The molecule has 2 rings (SSSR count). The van der Waals surface area contributed by atoms with Gasteiger partial charge in [-0.05, 0) is 62.6 Å². The molecule has 26 heavy (non-hydrogen) atoms. The first-order valence-electron chi connectivity index (χ1n) is 8.58. The lowest BCUT2D eigenvalue weighted by molar-refractivity contribution is -0.116. The lowest BCUT2D eigenvalue weighted by atomic mass is 10.1. The van der Waals surface area contributed by atoms with Gasteiger partial charge in [-0.25, -0.2) is 8.42 Å². The van der Waals surface area contributed by atoms with Gasteiger partial charge in [0.2, 0.25) is 15.9 Å². The molecule has 5 nitrogen and oxygen atoms in total. The number of carbonyl (C=O) groups excluding carboxylic acids is 1. The summed E-state index contributed by atoms with van der Waals surface area (Å²) in [5.41, 5.74) is 4.73. The molecule has 0 heterocycles. The van der Waals surface area contributed by atoms with Gasteiger partial charge in [0.25, 0.3) is 0 Å². The van der Waals surface area contributed by atoms with E-state index in [0.717, 1.165) is 16.8 Å². The fraction of sp³-hybridized carbons (Fsp3) is 0.350. The van der Waals surface area contributed by atoms with E-state index in [4.69, 9.17) is 0 Å². The third-order valence-electron chi connectivity index (χ3n) is 4.28. The van der Waals surface area contributed by atoms with Gasteiger partial charge in [0, 0.05) is 18.7 Å². The second-order valence-corrected chi connectivity index (χ2v) is 8.53. The highest BCUT2D eigenvalue weighted by molar-refractivity contribution is 7.92. The number of hydrogen-bond donors (Lipinski definition) is 1. The van der Waals surface area contributed by atoms with Crippen molar-refractivity contribution in [3.63, 3.8) is 0 Å². The topological polar surface area (TPSA) is 66.5 Å². The maximum Gasteiger partial charge on any atom is 0.232 e. The number of anilines is 2. The number of amides is 1. The minimum Gasteiger partial charge on any atom is -0.326 e. The Bertz CT molecular complexity index is 874. The van der Waals surface area contributed by atoms with Crippen molar-refractivity contribution in [2.75, 3.05) is 22.4 Å². The molecule has 2 aromatic rings. The Morgan fingerprint density at radius 3 is 2.23 bits per heavy atom. The zero-order valence-electron chi connectivity index (χ0n) is 15.7. The first kappa shape index (κ1) is 20.0. The summed E-state index contributed by atoms with van der Waals surface area (Å²) in [6.45, 7) is 6.23. The van der Waals surface area contributed by atoms with E-state index in [1.807, 2.05) is 51.1 Å². The van der Waals surface area contributed by atoms with Crippen LogP contribution in [0.15, 0.2) is 42.5 Å². The van der Waals surface area contributed by atoms with E-state index >= 15 is 0 Å². The largest absolute Gasteiger partial charge is 0.326 e. The second kappa shape index (κ2) is 8.36. The Morgan fingerprint density at radius 2 is 1.65 bits per heavy atom. The molecule has 1 N–H and O–H groups in total. The Kier molecular flexibility index (Phi) is 6.42. The Labute approximate surface area is 156 Å². The zero-order chi connectivity index (χ0) is 19.3. The zero-order valence-corrected chi connectivity index (χ0v) is 16.6. The Hall–Kier alpha value is -2.34. The van der Waals surface area contributed by atoms with Crippen LogP contribution in [0.25, 0.3) is 0 Å². The van der Waals surface area contributed by atoms with Gasteiger partial charge in [-0.1, -0.05) is 23.8 Å². The predicted octanol–water partition coefficient (Wildman–Crippen LogP) is 3.80. The summed E-state index contributed by atoms with van der Waals surface area (Å²) in [7, 11) is -3.40. The third kappa shape index (κ3) is 5.59. The lowest BCUT2D eigenvalue weighted by Crippen LogP contribution is -2.31. The van der Waals surface area contributed by atoms with Crippen LogP contribution in [0.2, 0.25) is 0 Å². The minimum atomic E-state index is -3.40. The van der Waals surface area contributed by atoms with Gasteiger partial charge < -0.3 is 5.32 Å². The van der Waals surface area contributed by atoms with Crippen LogP contribution in [0, 0.1) is 20.8 Å². The van der Waals surface area contributed by atoms with Crippen molar-refractivity contribution >= 4 is 27.3 Å². The van der Waals surface area contributed by atoms with Crippen molar-refractivity contribution in [1.29, 1.82) is 0 Å². The van der Waals surface area contributed by atoms with Gasteiger partial charge >= 0.3 is 0 Å². The summed E-state index contributed by atoms with van der Waals surface area (Å²) in [5, 5.41) is 2.86. The molecule has 0 saturated heterocycles. The SMILES string of the molecule is Cc1ccc(N(CCCC(=O)Nc2ccc(C)c(C)c2)S(C)(=O)=O)cc1. The van der Waals surface area contributed by atoms with E-state index in [0.29, 0.717) is 12.1 Å². The summed E-state index contributed by atoms with van der Waals surface area (Å²) in [5.74, 6) is -0.120. The van der Waals surface area contributed by atoms with Crippen LogP contribution in [0.1, 0.15) is 29.5 Å². The van der Waals surface area contributed by atoms with Crippen LogP contribution in [-0.4, -0.2) is 27.1 Å². The molecule has 0 bridgehead atoms. The molecular weight excluding hydrogens is 348 g/mol. The number of carbonyl (C=O) groups is 1. The molecule has 0 aliphatic heterocycles. The molecule has 0 saturated carbocycles. The summed E-state index contributed by atoms with van der Waals surface area (Å²) >= 11 is 0. The first-order valence-corrected chi connectivity index (χ1v) is 10.4. The molecule has 140 valence electrons. The van der Waals surface area contributed by atoms with E-state index in [9.17, 15) is 13.2 Å². The van der Waals surface area contributed by atoms with Crippen molar-refractivity contribution in [1.82, 2.24) is 0 Å². The fourth-order valence-electron chi connectivity index (χ4n) is 2.62. The van der Waals surface area contributed by atoms with Crippen LogP contribution >= 0.6 is 0 Å². The lowest BCUT2D eigenvalue weighted by Gasteiger charge is -2.22. The van der Waals surface area contributed by atoms with Gasteiger partial charge in [0.05, 0.1) is 11.9 Å². The van der Waals surface area contributed by atoms with E-state index in [1.54, 1.807) is 12.1 Å². The summed E-state index contributed by atoms with van der Waals surface area (Å²) in [6, 6.07) is 13.1. The van der Waals surface area contributed by atoms with Gasteiger partial charge in [0.15, 0.2) is 0 Å². The average molecular weight is 375 g/mol. The molecule has 0 aromatic heterocycles. The standard InChI is InChI=1S/C20H26N2O3S/c1-15-7-11-19(12-8-15)22(26(4,24)25)13-5-6-20(23)21-18-10-9-16(2)17(3)14-18/h7-12,14H,5-6,13H2,1-4H3,(H,21,23). The summed E-state index contributed by atoms with van der Waals surface area (Å²) < 4.78 is 25.5. The van der Waals surface area contributed by atoms with Gasteiger partial charge in [-0.2, -0.15) is 0 Å². The quantitative estimate of drug-likeness (QED) is 0.802. The maximum atomic E-state index is 12.1. The van der Waals surface area contributed by atoms with Gasteiger partial charge in [0.1, 0.15) is 0 Å². The summed E-state index contributed by atoms with van der Waals surface area (Å²) in [4.78, 5) is 12.1. The van der Waals surface area contributed by atoms with Crippen molar-refractivity contribution in [2.45, 2.75) is 33.6 Å². The van der Waals surface area contributed by atoms with Crippen LogP contribution < -0.4 is 9.62 Å². The first-order chi connectivity index (χ1) is 12.2. The number of benzene rings is 2. The summed E-state index contributed by atoms with van der Waals surface area (Å²) in [6.07, 6.45) is 1.88. The number of rotatable bonds is 7. The minimum absolute atomic E-state index is 0.120. The molecule has 0 aliphatic carbocycles. The van der Waals surface area contributed by atoms with Crippen LogP contribution in [-0.2, 0) is 14.8 Å². The average Bonchev–Trinajstić information content (AvgIpc) is 2.55. The number of nitrogens with zero attached hydrogens (tertiary/aromatic N) is 1. The number of sulfonamides is 1. The molecule has 1 amide bonds. The van der Waals surface area contributed by atoms with E-state index in [1.165, 1.54) is 16.1 Å². The van der Waals surface area contributed by atoms with Gasteiger partial charge in [-0.15, -0.1) is 0 Å². The van der Waals surface area contributed by atoms with E-state index < -0.39 is 10.0 Å². The molecule has 0 spiro atoms. The van der Waals surface area contributed by atoms with Crippen molar-refractivity contribution in [3.05, 3.63) is 59.2 Å². The van der Waals surface area contributed by atoms with Gasteiger partial charge in [-0.3, -0.25) is 9.10 Å². The number of hydrogen-bond acceptors (Lipinski definition) is 3. The highest BCUT2D eigenvalue weighted by Gasteiger charge is 2.17. The molecule has 0 fully saturated rings. The molecule has 6 heteroatoms. The Balaban J connectivity index is 1.95. The van der Waals surface area contributed by atoms with Crippen molar-refractivity contribution < 1.29 is 13.2 Å². The van der Waals surface area contributed by atoms with E-state index in [2.05, 4.69) is 5.32 Å².